The van der Waals surface area contributed by atoms with Crippen LogP contribution in [-0.2, 0) is 6.54 Å². The van der Waals surface area contributed by atoms with Crippen LogP contribution in [0.15, 0.2) is 30.9 Å². The SMILES string of the molecule is Cc1ccc2c(N)c(OCCn3ccnc3)nn2c1C. The smallest absolute Gasteiger partial charge is 0.257 e. The summed E-state index contributed by atoms with van der Waals surface area (Å²) in [5.74, 6) is 0.485. The molecule has 0 saturated heterocycles. The van der Waals surface area contributed by atoms with Gasteiger partial charge in [-0.05, 0) is 25.5 Å². The summed E-state index contributed by atoms with van der Waals surface area (Å²) in [6, 6.07) is 4.01. The van der Waals surface area contributed by atoms with Crippen molar-refractivity contribution in [1.82, 2.24) is 19.2 Å². The van der Waals surface area contributed by atoms with Crippen LogP contribution in [0.1, 0.15) is 11.3 Å². The highest BCUT2D eigenvalue weighted by Crippen LogP contribution is 2.27. The fourth-order valence-electron chi connectivity index (χ4n) is 2.10. The van der Waals surface area contributed by atoms with E-state index in [0.717, 1.165) is 11.2 Å². The molecule has 0 fully saturated rings. The molecule has 0 atom stereocenters. The second-order valence-electron chi connectivity index (χ2n) is 4.77. The van der Waals surface area contributed by atoms with Crippen molar-refractivity contribution >= 4 is 11.2 Å². The molecule has 0 unspecified atom stereocenters. The lowest BCUT2D eigenvalue weighted by atomic mass is 10.2. The van der Waals surface area contributed by atoms with Crippen LogP contribution in [-0.4, -0.2) is 25.8 Å². The Hall–Kier alpha value is -2.50. The Morgan fingerprint density at radius 3 is 2.90 bits per heavy atom. The molecule has 3 aromatic heterocycles. The highest BCUT2D eigenvalue weighted by Gasteiger charge is 2.12. The monoisotopic (exact) mass is 271 g/mol. The molecule has 3 aromatic rings. The number of aromatic nitrogens is 4. The van der Waals surface area contributed by atoms with Crippen LogP contribution >= 0.6 is 0 Å². The van der Waals surface area contributed by atoms with E-state index < -0.39 is 0 Å². The van der Waals surface area contributed by atoms with E-state index in [0.29, 0.717) is 24.7 Å². The first-order valence-electron chi connectivity index (χ1n) is 6.50. The van der Waals surface area contributed by atoms with E-state index in [9.17, 15) is 0 Å². The molecule has 0 aliphatic carbocycles. The van der Waals surface area contributed by atoms with Gasteiger partial charge in [-0.3, -0.25) is 0 Å². The Morgan fingerprint density at radius 2 is 2.15 bits per heavy atom. The Labute approximate surface area is 116 Å². The van der Waals surface area contributed by atoms with Crippen molar-refractivity contribution in [3.8, 4) is 5.88 Å². The van der Waals surface area contributed by atoms with Crippen LogP contribution in [0.2, 0.25) is 0 Å². The zero-order chi connectivity index (χ0) is 14.1. The van der Waals surface area contributed by atoms with E-state index in [2.05, 4.69) is 10.1 Å². The number of nitrogen functional groups attached to an aromatic ring is 1. The molecule has 0 aromatic carbocycles. The lowest BCUT2D eigenvalue weighted by Crippen LogP contribution is -2.07. The maximum absolute atomic E-state index is 6.09. The number of rotatable bonds is 4. The predicted octanol–water partition coefficient (Wildman–Crippen LogP) is 1.81. The topological polar surface area (TPSA) is 70.4 Å². The molecule has 2 N–H and O–H groups in total. The number of hydrogen-bond donors (Lipinski definition) is 1. The van der Waals surface area contributed by atoms with Crippen molar-refractivity contribution in [2.24, 2.45) is 0 Å². The van der Waals surface area contributed by atoms with Gasteiger partial charge in [-0.2, -0.15) is 0 Å². The van der Waals surface area contributed by atoms with Crippen molar-refractivity contribution in [2.45, 2.75) is 20.4 Å². The third kappa shape index (κ3) is 2.09. The number of hydrogen-bond acceptors (Lipinski definition) is 4. The van der Waals surface area contributed by atoms with Crippen molar-refractivity contribution in [2.75, 3.05) is 12.3 Å². The van der Waals surface area contributed by atoms with E-state index in [4.69, 9.17) is 10.5 Å². The van der Waals surface area contributed by atoms with Crippen molar-refractivity contribution in [1.29, 1.82) is 0 Å². The average molecular weight is 271 g/mol. The zero-order valence-corrected chi connectivity index (χ0v) is 11.6. The Balaban J connectivity index is 1.81. The largest absolute Gasteiger partial charge is 0.473 e. The minimum Gasteiger partial charge on any atom is -0.473 e. The van der Waals surface area contributed by atoms with Gasteiger partial charge in [0.25, 0.3) is 5.88 Å². The molecule has 3 heterocycles. The standard InChI is InChI=1S/C14H17N5O/c1-10-3-4-12-13(15)14(17-19(12)11(10)2)20-8-7-18-6-5-16-9-18/h3-6,9H,7-8,15H2,1-2H3. The maximum atomic E-state index is 6.09. The van der Waals surface area contributed by atoms with Crippen LogP contribution in [0.25, 0.3) is 5.52 Å². The van der Waals surface area contributed by atoms with Gasteiger partial charge in [0.15, 0.2) is 0 Å². The van der Waals surface area contributed by atoms with Gasteiger partial charge in [0.05, 0.1) is 18.4 Å². The molecule has 0 bridgehead atoms. The molecule has 0 saturated carbocycles. The normalized spacial score (nSPS) is 11.1. The summed E-state index contributed by atoms with van der Waals surface area (Å²) in [6.07, 6.45) is 5.39. The van der Waals surface area contributed by atoms with Crippen LogP contribution in [0.3, 0.4) is 0 Å². The molecule has 0 radical (unpaired) electrons. The Bertz CT molecular complexity index is 730. The number of nitrogens with two attached hydrogens (primary N) is 1. The van der Waals surface area contributed by atoms with Crippen LogP contribution < -0.4 is 10.5 Å². The first kappa shape index (κ1) is 12.5. The van der Waals surface area contributed by atoms with Crippen molar-refractivity contribution in [3.63, 3.8) is 0 Å². The summed E-state index contributed by atoms with van der Waals surface area (Å²) >= 11 is 0. The molecule has 6 nitrogen and oxygen atoms in total. The summed E-state index contributed by atoms with van der Waals surface area (Å²) < 4.78 is 9.46. The quantitative estimate of drug-likeness (QED) is 0.785. The Kier molecular flexibility index (Phi) is 3.06. The molecule has 0 spiro atoms. The second kappa shape index (κ2) is 4.88. The molecule has 0 aliphatic heterocycles. The number of nitrogens with zero attached hydrogens (tertiary/aromatic N) is 4. The van der Waals surface area contributed by atoms with Gasteiger partial charge in [0, 0.05) is 18.1 Å². The maximum Gasteiger partial charge on any atom is 0.257 e. The summed E-state index contributed by atoms with van der Waals surface area (Å²) in [5.41, 5.74) is 9.79. The fourth-order valence-corrected chi connectivity index (χ4v) is 2.10. The fraction of sp³-hybridized carbons (Fsp3) is 0.286. The number of fused-ring (bicyclic) bond motifs is 1. The molecular weight excluding hydrogens is 254 g/mol. The van der Waals surface area contributed by atoms with E-state index in [1.807, 2.05) is 41.3 Å². The number of anilines is 1. The van der Waals surface area contributed by atoms with Crippen molar-refractivity contribution in [3.05, 3.63) is 42.1 Å². The van der Waals surface area contributed by atoms with Crippen LogP contribution in [0.4, 0.5) is 5.69 Å². The van der Waals surface area contributed by atoms with Gasteiger partial charge in [-0.1, -0.05) is 6.07 Å². The van der Waals surface area contributed by atoms with Gasteiger partial charge in [0.1, 0.15) is 12.3 Å². The van der Waals surface area contributed by atoms with E-state index in [-0.39, 0.29) is 0 Å². The van der Waals surface area contributed by atoms with Gasteiger partial charge < -0.3 is 15.0 Å². The predicted molar refractivity (Wildman–Crippen MR) is 76.8 cm³/mol. The lowest BCUT2D eigenvalue weighted by Gasteiger charge is -2.03. The second-order valence-corrected chi connectivity index (χ2v) is 4.77. The summed E-state index contributed by atoms with van der Waals surface area (Å²) in [5, 5.41) is 4.44. The molecule has 0 amide bonds. The van der Waals surface area contributed by atoms with E-state index in [1.54, 1.807) is 12.5 Å². The molecular formula is C14H17N5O. The summed E-state index contributed by atoms with van der Waals surface area (Å²) in [6.45, 7) is 5.28. The van der Waals surface area contributed by atoms with E-state index >= 15 is 0 Å². The van der Waals surface area contributed by atoms with Crippen LogP contribution in [0.5, 0.6) is 5.88 Å². The minimum atomic E-state index is 0.485. The molecule has 104 valence electrons. The molecule has 6 heteroatoms. The lowest BCUT2D eigenvalue weighted by molar-refractivity contribution is 0.287. The van der Waals surface area contributed by atoms with Gasteiger partial charge in [-0.25, -0.2) is 9.50 Å². The number of pyridine rings is 1. The molecule has 0 aliphatic rings. The average Bonchev–Trinajstić information content (AvgIpc) is 3.04. The summed E-state index contributed by atoms with van der Waals surface area (Å²) in [4.78, 5) is 3.98. The third-order valence-corrected chi connectivity index (χ3v) is 3.45. The highest BCUT2D eigenvalue weighted by atomic mass is 16.5. The third-order valence-electron chi connectivity index (χ3n) is 3.45. The zero-order valence-electron chi connectivity index (χ0n) is 11.6. The first-order valence-corrected chi connectivity index (χ1v) is 6.50. The van der Waals surface area contributed by atoms with Crippen LogP contribution in [0, 0.1) is 13.8 Å². The highest BCUT2D eigenvalue weighted by molar-refractivity contribution is 5.75. The van der Waals surface area contributed by atoms with Crippen molar-refractivity contribution < 1.29 is 4.74 Å². The Morgan fingerprint density at radius 1 is 1.30 bits per heavy atom. The molecule has 20 heavy (non-hydrogen) atoms. The van der Waals surface area contributed by atoms with Gasteiger partial charge in [0.2, 0.25) is 0 Å². The first-order chi connectivity index (χ1) is 9.66. The minimum absolute atomic E-state index is 0.485. The number of ether oxygens (including phenoxy) is 1. The van der Waals surface area contributed by atoms with Gasteiger partial charge in [-0.15, -0.1) is 5.10 Å². The molecule has 3 rings (SSSR count). The van der Waals surface area contributed by atoms with Gasteiger partial charge >= 0.3 is 0 Å². The number of imidazole rings is 1. The summed E-state index contributed by atoms with van der Waals surface area (Å²) in [7, 11) is 0. The van der Waals surface area contributed by atoms with E-state index in [1.165, 1.54) is 5.56 Å². The number of aryl methyl sites for hydroxylation is 2.